The number of hydrogen-bond donors (Lipinski definition) is 0. The first kappa shape index (κ1) is 27.1. The minimum atomic E-state index is -0.636. The van der Waals surface area contributed by atoms with Crippen LogP contribution in [-0.2, 0) is 23.7 Å². The maximum atomic E-state index is 12.1. The van der Waals surface area contributed by atoms with E-state index in [4.69, 9.17) is 28.4 Å². The van der Waals surface area contributed by atoms with Crippen molar-refractivity contribution < 1.29 is 33.2 Å². The Balaban J connectivity index is 2.33. The van der Waals surface area contributed by atoms with Crippen LogP contribution in [0.1, 0.15) is 40.2 Å². The van der Waals surface area contributed by atoms with Crippen LogP contribution in [0.4, 0.5) is 0 Å². The number of allylic oxidation sites excluding steroid dienone is 1. The predicted molar refractivity (Wildman–Crippen MR) is 132 cm³/mol. The maximum absolute atomic E-state index is 12.1. The van der Waals surface area contributed by atoms with Gasteiger partial charge in [-0.3, -0.25) is 0 Å². The van der Waals surface area contributed by atoms with Gasteiger partial charge in [0.25, 0.3) is 0 Å². The summed E-state index contributed by atoms with van der Waals surface area (Å²) in [6, 6.07) is 5.67. The van der Waals surface area contributed by atoms with Crippen LogP contribution in [0.2, 0.25) is 0 Å². The minimum absolute atomic E-state index is 0.264. The number of carbonyl (C=O) groups excluding carboxylic acids is 1. The zero-order chi connectivity index (χ0) is 25.5. The quantitative estimate of drug-likeness (QED) is 0.160. The van der Waals surface area contributed by atoms with E-state index in [1.807, 2.05) is 52.0 Å². The van der Waals surface area contributed by atoms with E-state index >= 15 is 0 Å². The lowest BCUT2D eigenvalue weighted by Crippen LogP contribution is -2.49. The lowest BCUT2D eigenvalue weighted by atomic mass is 10.00. The van der Waals surface area contributed by atoms with Gasteiger partial charge in [0.2, 0.25) is 0 Å². The first-order valence-electron chi connectivity index (χ1n) is 11.0. The van der Waals surface area contributed by atoms with Gasteiger partial charge in [-0.2, -0.15) is 0 Å². The number of methoxy groups -OCH3 is 3. The van der Waals surface area contributed by atoms with Gasteiger partial charge in [-0.15, -0.1) is 6.58 Å². The first-order valence-corrected chi connectivity index (χ1v) is 11.0. The van der Waals surface area contributed by atoms with Gasteiger partial charge in [0.05, 0.1) is 33.2 Å². The van der Waals surface area contributed by atoms with Crippen LogP contribution in [0, 0.1) is 0 Å². The van der Waals surface area contributed by atoms with Crippen LogP contribution in [0.15, 0.2) is 60.1 Å². The molecular formula is C27H36O7. The van der Waals surface area contributed by atoms with Crippen molar-refractivity contribution in [2.24, 2.45) is 0 Å². The lowest BCUT2D eigenvalue weighted by Gasteiger charge is -2.36. The Labute approximate surface area is 202 Å². The lowest BCUT2D eigenvalue weighted by molar-refractivity contribution is -0.136. The van der Waals surface area contributed by atoms with Crippen molar-refractivity contribution in [2.75, 3.05) is 27.9 Å². The fraction of sp³-hybridized carbons (Fsp3) is 0.444. The smallest absolute Gasteiger partial charge is 0.341 e. The molecule has 0 fully saturated rings. The molecule has 1 atom stereocenters. The molecule has 1 aromatic carbocycles. The van der Waals surface area contributed by atoms with E-state index in [1.54, 1.807) is 19.1 Å². The van der Waals surface area contributed by atoms with Crippen molar-refractivity contribution in [3.8, 4) is 11.5 Å². The van der Waals surface area contributed by atoms with Crippen molar-refractivity contribution >= 4 is 12.0 Å². The van der Waals surface area contributed by atoms with Crippen LogP contribution >= 0.6 is 0 Å². The highest BCUT2D eigenvalue weighted by Gasteiger charge is 2.39. The van der Waals surface area contributed by atoms with E-state index in [0.29, 0.717) is 29.4 Å². The number of hydrogen-bond acceptors (Lipinski definition) is 7. The molecule has 0 saturated heterocycles. The van der Waals surface area contributed by atoms with E-state index in [9.17, 15) is 4.79 Å². The number of carbonyl (C=O) groups is 1. The molecule has 0 spiro atoms. The molecule has 0 N–H and O–H groups in total. The number of ether oxygens (including phenoxy) is 6. The average molecular weight is 473 g/mol. The van der Waals surface area contributed by atoms with Gasteiger partial charge in [0, 0.05) is 5.57 Å². The third-order valence-electron chi connectivity index (χ3n) is 5.51. The normalized spacial score (nSPS) is 18.6. The molecular weight excluding hydrogens is 436 g/mol. The highest BCUT2D eigenvalue weighted by Crippen LogP contribution is 2.37. The van der Waals surface area contributed by atoms with E-state index in [1.165, 1.54) is 27.6 Å². The Morgan fingerprint density at radius 1 is 1.18 bits per heavy atom. The Morgan fingerprint density at radius 3 is 2.47 bits per heavy atom. The van der Waals surface area contributed by atoms with Gasteiger partial charge in [0.1, 0.15) is 29.6 Å². The van der Waals surface area contributed by atoms with Gasteiger partial charge in [-0.1, -0.05) is 18.2 Å². The van der Waals surface area contributed by atoms with Crippen LogP contribution < -0.4 is 9.47 Å². The fourth-order valence-electron chi connectivity index (χ4n) is 3.30. The molecule has 0 amide bonds. The molecule has 0 bridgehead atoms. The predicted octanol–water partition coefficient (Wildman–Crippen LogP) is 5.22. The van der Waals surface area contributed by atoms with E-state index in [0.717, 1.165) is 5.56 Å². The number of rotatable bonds is 9. The van der Waals surface area contributed by atoms with E-state index in [-0.39, 0.29) is 11.7 Å². The summed E-state index contributed by atoms with van der Waals surface area (Å²) in [5.74, 6) is 1.23. The van der Waals surface area contributed by atoms with Gasteiger partial charge in [0.15, 0.2) is 11.5 Å². The summed E-state index contributed by atoms with van der Waals surface area (Å²) in [7, 11) is 4.31. The Hall–Kier alpha value is -3.19. The van der Waals surface area contributed by atoms with Gasteiger partial charge < -0.3 is 28.4 Å². The molecule has 0 aliphatic carbocycles. The molecule has 7 nitrogen and oxygen atoms in total. The second-order valence-corrected chi connectivity index (χ2v) is 8.92. The number of fused-ring (bicyclic) bond motifs is 1. The number of benzene rings is 1. The monoisotopic (exact) mass is 472 g/mol. The molecule has 34 heavy (non-hydrogen) atoms. The number of esters is 1. The molecule has 7 heteroatoms. The molecule has 0 radical (unpaired) electrons. The zero-order valence-electron chi connectivity index (χ0n) is 21.4. The standard InChI is InChI=1S/C27H36O7/c1-10-26(3,4)34-24-17-32-22-14-12-19(15-23(22)33-27(24,5)6)11-13-21(30-8)18(2)20(16-29-7)25(28)31-9/h10-16,24H,1,17H2,2-9H3/t24-/m0/s1. The Kier molecular flexibility index (Phi) is 8.99. The molecule has 0 saturated carbocycles. The Morgan fingerprint density at radius 2 is 1.88 bits per heavy atom. The summed E-state index contributed by atoms with van der Waals surface area (Å²) in [5.41, 5.74) is 0.553. The van der Waals surface area contributed by atoms with Crippen LogP contribution in [-0.4, -0.2) is 51.2 Å². The van der Waals surface area contributed by atoms with Crippen molar-refractivity contribution in [1.82, 2.24) is 0 Å². The molecule has 186 valence electrons. The highest BCUT2D eigenvalue weighted by molar-refractivity contribution is 5.93. The van der Waals surface area contributed by atoms with Crippen LogP contribution in [0.3, 0.4) is 0 Å². The van der Waals surface area contributed by atoms with Crippen molar-refractivity contribution in [2.45, 2.75) is 51.9 Å². The summed E-state index contributed by atoms with van der Waals surface area (Å²) >= 11 is 0. The fourth-order valence-corrected chi connectivity index (χ4v) is 3.30. The molecule has 1 aliphatic heterocycles. The Bertz CT molecular complexity index is 983. The highest BCUT2D eigenvalue weighted by atomic mass is 16.6. The first-order chi connectivity index (χ1) is 16.0. The van der Waals surface area contributed by atoms with E-state index in [2.05, 4.69) is 6.58 Å². The van der Waals surface area contributed by atoms with Gasteiger partial charge in [-0.25, -0.2) is 4.79 Å². The topological polar surface area (TPSA) is 72.5 Å². The molecule has 1 aromatic rings. The molecule has 1 aliphatic rings. The average Bonchev–Trinajstić information content (AvgIpc) is 2.91. The van der Waals surface area contributed by atoms with Crippen LogP contribution in [0.25, 0.3) is 6.08 Å². The molecule has 2 rings (SSSR count). The maximum Gasteiger partial charge on any atom is 0.341 e. The summed E-state index contributed by atoms with van der Waals surface area (Å²) in [5, 5.41) is 0. The summed E-state index contributed by atoms with van der Waals surface area (Å²) in [6.45, 7) is 13.8. The molecule has 1 heterocycles. The van der Waals surface area contributed by atoms with E-state index < -0.39 is 17.2 Å². The zero-order valence-corrected chi connectivity index (χ0v) is 21.4. The van der Waals surface area contributed by atoms with Crippen molar-refractivity contribution in [3.05, 3.63) is 65.7 Å². The van der Waals surface area contributed by atoms with Crippen molar-refractivity contribution in [3.63, 3.8) is 0 Å². The minimum Gasteiger partial charge on any atom is -0.503 e. The second kappa shape index (κ2) is 11.3. The summed E-state index contributed by atoms with van der Waals surface area (Å²) < 4.78 is 33.9. The van der Waals surface area contributed by atoms with Gasteiger partial charge >= 0.3 is 5.97 Å². The summed E-state index contributed by atoms with van der Waals surface area (Å²) in [6.07, 6.45) is 6.42. The largest absolute Gasteiger partial charge is 0.503 e. The third-order valence-corrected chi connectivity index (χ3v) is 5.51. The molecule has 0 unspecified atom stereocenters. The second-order valence-electron chi connectivity index (χ2n) is 8.92. The summed E-state index contributed by atoms with van der Waals surface area (Å²) in [4.78, 5) is 12.1. The van der Waals surface area contributed by atoms with Crippen molar-refractivity contribution in [1.29, 1.82) is 0 Å². The van der Waals surface area contributed by atoms with Gasteiger partial charge in [-0.05, 0) is 58.4 Å². The third kappa shape index (κ3) is 6.67. The molecule has 0 aromatic heterocycles. The SMILES string of the molecule is C=CC(C)(C)O[C@H]1COc2ccc(C=CC(OC)=C(C)C(=COC)C(=O)OC)cc2OC1(C)C. The van der Waals surface area contributed by atoms with Crippen LogP contribution in [0.5, 0.6) is 11.5 Å².